The van der Waals surface area contributed by atoms with E-state index >= 15 is 0 Å². The highest BCUT2D eigenvalue weighted by Crippen LogP contribution is 2.54. The number of rotatable bonds is 9. The van der Waals surface area contributed by atoms with Crippen LogP contribution in [-0.4, -0.2) is 49.1 Å². The second-order valence-electron chi connectivity index (χ2n) is 8.99. The Morgan fingerprint density at radius 2 is 1.84 bits per heavy atom. The number of carbonyl (C=O) groups excluding carboxylic acids is 3. The molecule has 0 aromatic heterocycles. The second kappa shape index (κ2) is 9.42. The molecule has 3 rings (SSSR count). The van der Waals surface area contributed by atoms with Crippen molar-refractivity contribution in [1.29, 1.82) is 0 Å². The second-order valence-corrected chi connectivity index (χ2v) is 8.99. The largest absolute Gasteiger partial charge is 0.461 e. The topological polar surface area (TPSA) is 101 Å². The number of carbonyl (C=O) groups is 3. The zero-order valence-corrected chi connectivity index (χ0v) is 18.8. The molecule has 0 aromatic carbocycles. The third kappa shape index (κ3) is 5.29. The summed E-state index contributed by atoms with van der Waals surface area (Å²) in [7, 11) is 0. The lowest BCUT2D eigenvalue weighted by Crippen LogP contribution is -2.44. The van der Waals surface area contributed by atoms with Crippen LogP contribution in [0.4, 0.5) is 0 Å². The fraction of sp³-hybridized carbons (Fsp3) is 0.696. The molecule has 2 heterocycles. The molecule has 172 valence electrons. The molecule has 3 aliphatic rings. The molecule has 0 radical (unpaired) electrons. The fourth-order valence-corrected chi connectivity index (χ4v) is 3.91. The van der Waals surface area contributed by atoms with E-state index in [1.165, 1.54) is 13.2 Å². The van der Waals surface area contributed by atoms with Crippen LogP contribution in [0.3, 0.4) is 0 Å². The molecular weight excluding hydrogens is 404 g/mol. The van der Waals surface area contributed by atoms with Gasteiger partial charge in [-0.3, -0.25) is 14.4 Å². The molecule has 0 bridgehead atoms. The predicted octanol–water partition coefficient (Wildman–Crippen LogP) is 3.05. The molecule has 5 atom stereocenters. The van der Waals surface area contributed by atoms with Crippen molar-refractivity contribution in [3.63, 3.8) is 0 Å². The summed E-state index contributed by atoms with van der Waals surface area (Å²) in [5, 5.41) is 0. The summed E-state index contributed by atoms with van der Waals surface area (Å²) in [5.41, 5.74) is 0.555. The first-order valence-electron chi connectivity index (χ1n) is 10.9. The molecule has 8 nitrogen and oxygen atoms in total. The lowest BCUT2D eigenvalue weighted by molar-refractivity contribution is -0.186. The molecule has 5 unspecified atom stereocenters. The summed E-state index contributed by atoms with van der Waals surface area (Å²) >= 11 is 0. The maximum atomic E-state index is 12.5. The molecular formula is C23H32O8. The van der Waals surface area contributed by atoms with Crippen molar-refractivity contribution in [2.45, 2.75) is 71.9 Å². The Labute approximate surface area is 182 Å². The lowest BCUT2D eigenvalue weighted by Gasteiger charge is -2.33. The van der Waals surface area contributed by atoms with Gasteiger partial charge in [-0.1, -0.05) is 34.1 Å². The Morgan fingerprint density at radius 1 is 1.16 bits per heavy atom. The third-order valence-corrected chi connectivity index (χ3v) is 5.86. The van der Waals surface area contributed by atoms with Gasteiger partial charge in [0.1, 0.15) is 12.2 Å². The highest BCUT2D eigenvalue weighted by Gasteiger charge is 2.67. The van der Waals surface area contributed by atoms with E-state index in [-0.39, 0.29) is 36.8 Å². The first-order chi connectivity index (χ1) is 14.7. The van der Waals surface area contributed by atoms with Crippen LogP contribution in [0.25, 0.3) is 0 Å². The molecule has 1 saturated heterocycles. The number of esters is 3. The van der Waals surface area contributed by atoms with Crippen LogP contribution in [0.5, 0.6) is 0 Å². The Hall–Kier alpha value is -2.35. The van der Waals surface area contributed by atoms with Crippen LogP contribution in [0.2, 0.25) is 0 Å². The van der Waals surface area contributed by atoms with E-state index in [0.29, 0.717) is 18.6 Å². The lowest BCUT2D eigenvalue weighted by atomic mass is 9.85. The first kappa shape index (κ1) is 23.3. The number of epoxide rings is 1. The molecule has 0 amide bonds. The third-order valence-electron chi connectivity index (χ3n) is 5.86. The number of ether oxygens (including phenoxy) is 5. The van der Waals surface area contributed by atoms with Crippen molar-refractivity contribution >= 4 is 17.9 Å². The number of fused-ring (bicyclic) bond motifs is 2. The Kier molecular flexibility index (Phi) is 7.09. The van der Waals surface area contributed by atoms with Crippen LogP contribution >= 0.6 is 0 Å². The van der Waals surface area contributed by atoms with E-state index in [2.05, 4.69) is 0 Å². The van der Waals surface area contributed by atoms with E-state index in [9.17, 15) is 14.4 Å². The summed E-state index contributed by atoms with van der Waals surface area (Å²) in [4.78, 5) is 36.1. The van der Waals surface area contributed by atoms with Gasteiger partial charge in [0.05, 0.1) is 18.8 Å². The molecule has 1 fully saturated rings. The minimum Gasteiger partial charge on any atom is -0.461 e. The minimum absolute atomic E-state index is 0.00788. The SMILES string of the molecule is CCC(C)CC(=O)OC1C=C2C(COC(C)=O)=COC(OC(=O)CC(C)C)C2C12CO2. The standard InChI is InChI=1S/C23H32O8/c1-6-14(4)8-20(26)30-18-9-17-16(10-27-15(5)24)11-28-22(21(17)23(18)12-29-23)31-19(25)7-13(2)3/h9,11,13-14,18,21-22H,6-8,10,12H2,1-5H3. The Bertz CT molecular complexity index is 776. The minimum atomic E-state index is -0.903. The molecule has 1 spiro atoms. The van der Waals surface area contributed by atoms with Gasteiger partial charge in [-0.2, -0.15) is 0 Å². The van der Waals surface area contributed by atoms with Gasteiger partial charge in [-0.05, 0) is 23.5 Å². The van der Waals surface area contributed by atoms with Gasteiger partial charge in [-0.15, -0.1) is 0 Å². The van der Waals surface area contributed by atoms with Gasteiger partial charge < -0.3 is 23.7 Å². The predicted molar refractivity (Wildman–Crippen MR) is 109 cm³/mol. The first-order valence-corrected chi connectivity index (χ1v) is 10.9. The van der Waals surface area contributed by atoms with Gasteiger partial charge in [0.25, 0.3) is 6.29 Å². The summed E-state index contributed by atoms with van der Waals surface area (Å²) in [5.74, 6) is -1.21. The van der Waals surface area contributed by atoms with Crippen LogP contribution in [-0.2, 0) is 38.1 Å². The van der Waals surface area contributed by atoms with Gasteiger partial charge in [-0.25, -0.2) is 0 Å². The van der Waals surface area contributed by atoms with E-state index in [0.717, 1.165) is 12.0 Å². The molecule has 2 aliphatic heterocycles. The highest BCUT2D eigenvalue weighted by molar-refractivity contribution is 5.71. The fourth-order valence-electron chi connectivity index (χ4n) is 3.91. The van der Waals surface area contributed by atoms with Crippen molar-refractivity contribution in [3.05, 3.63) is 23.5 Å². The van der Waals surface area contributed by atoms with E-state index in [1.54, 1.807) is 0 Å². The number of hydrogen-bond donors (Lipinski definition) is 0. The monoisotopic (exact) mass is 436 g/mol. The molecule has 8 heteroatoms. The molecule has 1 aliphatic carbocycles. The van der Waals surface area contributed by atoms with Crippen molar-refractivity contribution in [2.24, 2.45) is 17.8 Å². The quantitative estimate of drug-likeness (QED) is 0.309. The van der Waals surface area contributed by atoms with Crippen LogP contribution in [0, 0.1) is 17.8 Å². The van der Waals surface area contributed by atoms with Crippen molar-refractivity contribution < 1.29 is 38.1 Å². The van der Waals surface area contributed by atoms with E-state index in [4.69, 9.17) is 23.7 Å². The van der Waals surface area contributed by atoms with E-state index < -0.39 is 29.9 Å². The average molecular weight is 437 g/mol. The summed E-state index contributed by atoms with van der Waals surface area (Å²) in [6, 6.07) is 0. The summed E-state index contributed by atoms with van der Waals surface area (Å²) in [6.07, 6.45) is 3.18. The maximum Gasteiger partial charge on any atom is 0.309 e. The maximum absolute atomic E-state index is 12.5. The zero-order chi connectivity index (χ0) is 22.8. The van der Waals surface area contributed by atoms with E-state index in [1.807, 2.05) is 33.8 Å². The molecule has 31 heavy (non-hydrogen) atoms. The van der Waals surface area contributed by atoms with Crippen LogP contribution in [0.1, 0.15) is 53.9 Å². The molecule has 0 N–H and O–H groups in total. The van der Waals surface area contributed by atoms with Crippen molar-refractivity contribution in [2.75, 3.05) is 13.2 Å². The van der Waals surface area contributed by atoms with Crippen molar-refractivity contribution in [1.82, 2.24) is 0 Å². The van der Waals surface area contributed by atoms with Crippen molar-refractivity contribution in [3.8, 4) is 0 Å². The molecule has 0 aromatic rings. The highest BCUT2D eigenvalue weighted by atomic mass is 16.7. The van der Waals surface area contributed by atoms with Gasteiger partial charge in [0, 0.05) is 25.3 Å². The van der Waals surface area contributed by atoms with Gasteiger partial charge >= 0.3 is 17.9 Å². The zero-order valence-electron chi connectivity index (χ0n) is 18.8. The van der Waals surface area contributed by atoms with Crippen LogP contribution < -0.4 is 0 Å². The number of hydrogen-bond acceptors (Lipinski definition) is 8. The Balaban J connectivity index is 1.82. The average Bonchev–Trinajstić information content (AvgIpc) is 3.40. The Morgan fingerprint density at radius 3 is 2.42 bits per heavy atom. The van der Waals surface area contributed by atoms with Gasteiger partial charge in [0.15, 0.2) is 6.10 Å². The summed E-state index contributed by atoms with van der Waals surface area (Å²) in [6.45, 7) is 9.56. The van der Waals surface area contributed by atoms with Crippen LogP contribution in [0.15, 0.2) is 23.5 Å². The normalized spacial score (nSPS) is 29.4. The summed E-state index contributed by atoms with van der Waals surface area (Å²) < 4.78 is 28.1. The molecule has 0 saturated carbocycles. The van der Waals surface area contributed by atoms with Gasteiger partial charge in [0.2, 0.25) is 0 Å². The smallest absolute Gasteiger partial charge is 0.309 e.